The molecule has 0 spiro atoms. The molecule has 0 radical (unpaired) electrons. The van der Waals surface area contributed by atoms with E-state index in [2.05, 4.69) is 203 Å². The van der Waals surface area contributed by atoms with Gasteiger partial charge in [-0.1, -0.05) is 142 Å². The highest BCUT2D eigenvalue weighted by atomic mass is 127. The smallest absolute Gasteiger partial charge is 0.261 e. The second-order valence-electron chi connectivity index (χ2n) is 13.8. The van der Waals surface area contributed by atoms with Crippen LogP contribution in [0.2, 0.25) is 5.04 Å². The summed E-state index contributed by atoms with van der Waals surface area (Å²) in [4.78, 5) is 4.29. The van der Waals surface area contributed by atoms with Crippen molar-refractivity contribution < 1.29 is 28.4 Å². The Labute approximate surface area is 318 Å². The Morgan fingerprint density at radius 3 is 1.38 bits per heavy atom. The van der Waals surface area contributed by atoms with Crippen LogP contribution in [-0.4, -0.2) is 25.6 Å². The maximum atomic E-state index is 7.98. The molecule has 0 aliphatic heterocycles. The van der Waals surface area contributed by atoms with Gasteiger partial charge in [0, 0.05) is 18.8 Å². The van der Waals surface area contributed by atoms with E-state index in [1.54, 1.807) is 0 Å². The summed E-state index contributed by atoms with van der Waals surface area (Å²) in [6, 6.07) is 59.8. The Kier molecular flexibility index (Phi) is 12.8. The predicted molar refractivity (Wildman–Crippen MR) is 215 cm³/mol. The van der Waals surface area contributed by atoms with Gasteiger partial charge in [-0.2, -0.15) is 0 Å². The number of halogens is 1. The lowest BCUT2D eigenvalue weighted by Crippen LogP contribution is -3.00. The summed E-state index contributed by atoms with van der Waals surface area (Å²) in [5.74, 6) is 0. The molecule has 0 amide bonds. The molecule has 1 aromatic heterocycles. The predicted octanol–water partition coefficient (Wildman–Crippen LogP) is 5.82. The van der Waals surface area contributed by atoms with Crippen LogP contribution in [-0.2, 0) is 4.43 Å². The van der Waals surface area contributed by atoms with Crippen molar-refractivity contribution in [2.24, 2.45) is 0 Å². The zero-order valence-electron chi connectivity index (χ0n) is 29.5. The van der Waals surface area contributed by atoms with Crippen molar-refractivity contribution in [1.29, 1.82) is 0 Å². The first-order valence-electron chi connectivity index (χ1n) is 17.3. The molecule has 0 N–H and O–H groups in total. The van der Waals surface area contributed by atoms with Crippen LogP contribution in [0.15, 0.2) is 182 Å². The monoisotopic (exact) mass is 803 g/mol. The van der Waals surface area contributed by atoms with Gasteiger partial charge in [-0.25, -0.2) is 0 Å². The Hall–Kier alpha value is -3.67. The van der Waals surface area contributed by atoms with Crippen molar-refractivity contribution in [2.45, 2.75) is 45.3 Å². The lowest BCUT2D eigenvalue weighted by atomic mass is 10.1. The highest BCUT2D eigenvalue weighted by molar-refractivity contribution is 7.95. The second kappa shape index (κ2) is 17.0. The molecule has 1 atom stereocenters. The third-order valence-electron chi connectivity index (χ3n) is 9.66. The van der Waals surface area contributed by atoms with E-state index in [-0.39, 0.29) is 35.1 Å². The van der Waals surface area contributed by atoms with Gasteiger partial charge in [0.05, 0.1) is 12.3 Å². The summed E-state index contributed by atoms with van der Waals surface area (Å²) < 4.78 is 7.98. The van der Waals surface area contributed by atoms with Crippen LogP contribution in [0.1, 0.15) is 39.7 Å². The van der Waals surface area contributed by atoms with Gasteiger partial charge in [0.1, 0.15) is 23.2 Å². The highest BCUT2D eigenvalue weighted by Crippen LogP contribution is 2.56. The molecular formula is C45H47INOPSi. The molecule has 2 nitrogen and oxygen atoms in total. The van der Waals surface area contributed by atoms with E-state index in [0.717, 1.165) is 18.1 Å². The third-order valence-corrected chi connectivity index (χ3v) is 19.2. The average molecular weight is 804 g/mol. The Bertz CT molecular complexity index is 1780. The minimum atomic E-state index is -2.87. The van der Waals surface area contributed by atoms with E-state index in [1.165, 1.54) is 31.9 Å². The lowest BCUT2D eigenvalue weighted by molar-refractivity contribution is -0.0000106. The first-order chi connectivity index (χ1) is 23.8. The fourth-order valence-corrected chi connectivity index (χ4v) is 16.4. The van der Waals surface area contributed by atoms with Crippen LogP contribution in [0.25, 0.3) is 6.08 Å². The molecule has 1 heterocycles. The van der Waals surface area contributed by atoms with Crippen LogP contribution < -0.4 is 50.3 Å². The van der Waals surface area contributed by atoms with Crippen LogP contribution >= 0.6 is 7.26 Å². The van der Waals surface area contributed by atoms with Crippen LogP contribution in [0.4, 0.5) is 0 Å². The largest absolute Gasteiger partial charge is 1.00 e. The SMILES string of the molecule is C/C(=C\c1ccncc1)C(CC[P+](c1ccccc1)(c1ccccc1)c1ccccc1)O[Si](c1ccccc1)(c1ccccc1)C(C)(C)C.[I-]. The Balaban J connectivity index is 0.00000486. The molecule has 6 aromatic rings. The van der Waals surface area contributed by atoms with Crippen molar-refractivity contribution in [3.63, 3.8) is 0 Å². The zero-order valence-corrected chi connectivity index (χ0v) is 33.5. The molecule has 0 aliphatic rings. The van der Waals surface area contributed by atoms with Gasteiger partial charge in [0.25, 0.3) is 8.32 Å². The van der Waals surface area contributed by atoms with Gasteiger partial charge in [0.15, 0.2) is 0 Å². The number of pyridine rings is 1. The number of hydrogen-bond donors (Lipinski definition) is 0. The molecule has 0 fully saturated rings. The molecule has 5 heteroatoms. The normalized spacial score (nSPS) is 12.9. The van der Waals surface area contributed by atoms with Gasteiger partial charge < -0.3 is 28.4 Å². The second-order valence-corrected chi connectivity index (χ2v) is 21.6. The molecule has 0 saturated carbocycles. The number of hydrogen-bond acceptors (Lipinski definition) is 2. The molecule has 6 rings (SSSR count). The van der Waals surface area contributed by atoms with E-state index >= 15 is 0 Å². The van der Waals surface area contributed by atoms with Crippen molar-refractivity contribution in [2.75, 3.05) is 6.16 Å². The maximum absolute atomic E-state index is 7.98. The van der Waals surface area contributed by atoms with Crippen molar-refractivity contribution in [3.8, 4) is 0 Å². The molecule has 0 saturated heterocycles. The summed E-state index contributed by atoms with van der Waals surface area (Å²) in [5, 5.41) is 6.64. The first-order valence-corrected chi connectivity index (χ1v) is 21.1. The van der Waals surface area contributed by atoms with Crippen molar-refractivity contribution in [1.82, 2.24) is 4.98 Å². The van der Waals surface area contributed by atoms with Crippen molar-refractivity contribution >= 4 is 47.9 Å². The van der Waals surface area contributed by atoms with E-state index in [1.807, 2.05) is 12.4 Å². The standard InChI is InChI=1S/C45H47NOPSi.HI/c1-37(36-38-30-33-46-34-31-38)44(47-49(45(2,3)4,42-26-16-8-17-27-42)43-28-18-9-19-29-43)32-35-48(39-20-10-5-11-21-39,40-22-12-6-13-23-40)41-24-14-7-15-25-41;/h5-31,33-34,36,44H,32,35H2,1-4H3;1H/q+1;/p-1/b37-36+;. The summed E-state index contributed by atoms with van der Waals surface area (Å²) in [6.07, 6.45) is 7.74. The lowest BCUT2D eigenvalue weighted by Gasteiger charge is -2.45. The van der Waals surface area contributed by atoms with Gasteiger partial charge in [0.2, 0.25) is 0 Å². The molecule has 50 heavy (non-hydrogen) atoms. The first kappa shape index (κ1) is 37.6. The Morgan fingerprint density at radius 2 is 1.00 bits per heavy atom. The van der Waals surface area contributed by atoms with E-state index < -0.39 is 15.6 Å². The number of nitrogens with zero attached hydrogens (tertiary/aromatic N) is 1. The molecule has 254 valence electrons. The molecule has 0 bridgehead atoms. The van der Waals surface area contributed by atoms with Gasteiger partial charge in [-0.3, -0.25) is 4.98 Å². The van der Waals surface area contributed by atoms with Gasteiger partial charge >= 0.3 is 0 Å². The molecule has 1 unspecified atom stereocenters. The number of aromatic nitrogens is 1. The minimum Gasteiger partial charge on any atom is -1.00 e. The zero-order chi connectivity index (χ0) is 34.2. The van der Waals surface area contributed by atoms with Crippen LogP contribution in [0.3, 0.4) is 0 Å². The third kappa shape index (κ3) is 7.95. The van der Waals surface area contributed by atoms with Gasteiger partial charge in [-0.15, -0.1) is 0 Å². The van der Waals surface area contributed by atoms with E-state index in [9.17, 15) is 0 Å². The fourth-order valence-electron chi connectivity index (χ4n) is 7.29. The summed E-state index contributed by atoms with van der Waals surface area (Å²) in [5.41, 5.74) is 2.37. The van der Waals surface area contributed by atoms with Crippen molar-refractivity contribution in [3.05, 3.63) is 187 Å². The molecule has 0 aliphatic carbocycles. The average Bonchev–Trinajstić information content (AvgIpc) is 3.15. The summed E-state index contributed by atoms with van der Waals surface area (Å²) in [6.45, 7) is 9.37. The maximum Gasteiger partial charge on any atom is 0.261 e. The highest BCUT2D eigenvalue weighted by Gasteiger charge is 2.52. The topological polar surface area (TPSA) is 22.1 Å². The Morgan fingerprint density at radius 1 is 0.620 bits per heavy atom. The number of benzene rings is 5. The van der Waals surface area contributed by atoms with Crippen LogP contribution in [0, 0.1) is 0 Å². The van der Waals surface area contributed by atoms with E-state index in [0.29, 0.717) is 0 Å². The van der Waals surface area contributed by atoms with Gasteiger partial charge in [-0.05, 0) is 82.0 Å². The molecule has 5 aromatic carbocycles. The minimum absolute atomic E-state index is 0. The summed E-state index contributed by atoms with van der Waals surface area (Å²) in [7, 11) is -4.95. The summed E-state index contributed by atoms with van der Waals surface area (Å²) >= 11 is 0. The van der Waals surface area contributed by atoms with E-state index in [4.69, 9.17) is 4.43 Å². The molecular weight excluding hydrogens is 756 g/mol. The quantitative estimate of drug-likeness (QED) is 0.0886. The fraction of sp³-hybridized carbons (Fsp3) is 0.178. The number of rotatable bonds is 12. The van der Waals surface area contributed by atoms with Crippen LogP contribution in [0.5, 0.6) is 0 Å².